The van der Waals surface area contributed by atoms with Crippen LogP contribution in [0.25, 0.3) is 72.0 Å². The van der Waals surface area contributed by atoms with E-state index in [-0.39, 0.29) is 10.8 Å². The molecule has 0 radical (unpaired) electrons. The second kappa shape index (κ2) is 13.5. The molecule has 1 aromatic heterocycles. The van der Waals surface area contributed by atoms with Gasteiger partial charge in [0.15, 0.2) is 0 Å². The van der Waals surface area contributed by atoms with Gasteiger partial charge in [-0.3, -0.25) is 0 Å². The Kier molecular flexibility index (Phi) is 7.96. The zero-order chi connectivity index (χ0) is 41.7. The molecule has 2 nitrogen and oxygen atoms in total. The summed E-state index contributed by atoms with van der Waals surface area (Å²) in [5.74, 6) is 0. The highest BCUT2D eigenvalue weighted by Gasteiger charge is 2.38. The average molecular weight is 795 g/mol. The first kappa shape index (κ1) is 36.4. The van der Waals surface area contributed by atoms with Crippen molar-refractivity contribution in [1.29, 1.82) is 0 Å². The van der Waals surface area contributed by atoms with Gasteiger partial charge in [0, 0.05) is 44.1 Å². The van der Waals surface area contributed by atoms with Crippen LogP contribution in [0.1, 0.15) is 49.9 Å². The quantitative estimate of drug-likeness (QED) is 0.163. The van der Waals surface area contributed by atoms with Crippen LogP contribution >= 0.6 is 0 Å². The second-order valence-electron chi connectivity index (χ2n) is 18.1. The normalized spacial score (nSPS) is 14.1. The van der Waals surface area contributed by atoms with Gasteiger partial charge >= 0.3 is 0 Å². The maximum atomic E-state index is 2.51. The zero-order valence-corrected chi connectivity index (χ0v) is 35.5. The van der Waals surface area contributed by atoms with Crippen molar-refractivity contribution in [3.8, 4) is 50.2 Å². The van der Waals surface area contributed by atoms with Crippen molar-refractivity contribution < 1.29 is 0 Å². The molecule has 1 heterocycles. The minimum Gasteiger partial charge on any atom is -0.309 e. The Morgan fingerprint density at radius 2 is 0.919 bits per heavy atom. The summed E-state index contributed by atoms with van der Waals surface area (Å²) in [7, 11) is 0. The molecule has 12 rings (SSSR count). The number of nitrogens with zero attached hydrogens (tertiary/aromatic N) is 2. The van der Waals surface area contributed by atoms with Crippen molar-refractivity contribution in [3.63, 3.8) is 0 Å². The first-order valence-corrected chi connectivity index (χ1v) is 21.9. The molecule has 0 N–H and O–H groups in total. The maximum absolute atomic E-state index is 2.51. The third-order valence-corrected chi connectivity index (χ3v) is 14.0. The summed E-state index contributed by atoms with van der Waals surface area (Å²) in [5, 5.41) is 2.50. The van der Waals surface area contributed by atoms with Gasteiger partial charge in [0.05, 0.1) is 22.4 Å². The molecule has 62 heavy (non-hydrogen) atoms. The number of hydrogen-bond acceptors (Lipinski definition) is 1. The highest BCUT2D eigenvalue weighted by molar-refractivity contribution is 6.10. The zero-order valence-electron chi connectivity index (χ0n) is 35.5. The van der Waals surface area contributed by atoms with E-state index < -0.39 is 0 Å². The van der Waals surface area contributed by atoms with Crippen molar-refractivity contribution in [2.75, 3.05) is 4.90 Å². The standard InChI is InChI=1S/C60H46N2/c1-59(2)51-24-13-9-22-49(51)58-52(59)25-16-28-56(58)61(43-33-29-39(30-34-43)40-31-35-46-45-20-8-12-23-50(45)60(3,4)53(46)37-40)54-26-14-10-19-44(54)41-32-36-48-47-21-11-15-27-55(47)62(57(48)38-41)42-17-6-5-7-18-42/h5-38H,1-4H3. The minimum atomic E-state index is -0.131. The number of aromatic nitrogens is 1. The number of para-hydroxylation sites is 3. The van der Waals surface area contributed by atoms with Crippen molar-refractivity contribution in [2.24, 2.45) is 0 Å². The lowest BCUT2D eigenvalue weighted by Gasteiger charge is -2.30. The van der Waals surface area contributed by atoms with Crippen LogP contribution in [-0.4, -0.2) is 4.57 Å². The van der Waals surface area contributed by atoms with Crippen molar-refractivity contribution in [1.82, 2.24) is 4.57 Å². The Morgan fingerprint density at radius 1 is 0.355 bits per heavy atom. The van der Waals surface area contributed by atoms with E-state index in [4.69, 9.17) is 0 Å². The SMILES string of the molecule is CC1(C)c2ccccc2-c2ccc(-c3ccc(N(c4ccccc4-c4ccc5c6ccccc6n(-c6ccccc6)c5c4)c4cccc5c4-c4ccccc4C5(C)C)cc3)cc21. The molecule has 2 heteroatoms. The van der Waals surface area contributed by atoms with E-state index in [1.165, 1.54) is 94.3 Å². The molecule has 0 spiro atoms. The summed E-state index contributed by atoms with van der Waals surface area (Å²) in [4.78, 5) is 2.51. The van der Waals surface area contributed by atoms with E-state index in [2.05, 4.69) is 243 Å². The van der Waals surface area contributed by atoms with Gasteiger partial charge in [0.1, 0.15) is 0 Å². The van der Waals surface area contributed by atoms with Gasteiger partial charge in [0.25, 0.3) is 0 Å². The van der Waals surface area contributed by atoms with Gasteiger partial charge in [-0.2, -0.15) is 0 Å². The molecule has 0 saturated heterocycles. The lowest BCUT2D eigenvalue weighted by atomic mass is 9.81. The van der Waals surface area contributed by atoms with Gasteiger partial charge in [0.2, 0.25) is 0 Å². The Morgan fingerprint density at radius 3 is 1.73 bits per heavy atom. The van der Waals surface area contributed by atoms with Crippen LogP contribution in [0.2, 0.25) is 0 Å². The van der Waals surface area contributed by atoms with Crippen molar-refractivity contribution in [2.45, 2.75) is 38.5 Å². The minimum absolute atomic E-state index is 0.0569. The van der Waals surface area contributed by atoms with E-state index in [0.29, 0.717) is 0 Å². The van der Waals surface area contributed by atoms with E-state index in [9.17, 15) is 0 Å². The van der Waals surface area contributed by atoms with Crippen LogP contribution in [0, 0.1) is 0 Å². The highest BCUT2D eigenvalue weighted by atomic mass is 15.1. The van der Waals surface area contributed by atoms with Crippen molar-refractivity contribution >= 4 is 38.9 Å². The van der Waals surface area contributed by atoms with Gasteiger partial charge in [-0.15, -0.1) is 0 Å². The smallest absolute Gasteiger partial charge is 0.0547 e. The number of hydrogen-bond donors (Lipinski definition) is 0. The first-order valence-electron chi connectivity index (χ1n) is 21.9. The molecule has 0 bridgehead atoms. The molecular formula is C60H46N2. The van der Waals surface area contributed by atoms with Crippen LogP contribution in [0.15, 0.2) is 206 Å². The highest BCUT2D eigenvalue weighted by Crippen LogP contribution is 2.55. The molecule has 9 aromatic carbocycles. The number of anilines is 3. The summed E-state index contributed by atoms with van der Waals surface area (Å²) in [5.41, 5.74) is 22.4. The van der Waals surface area contributed by atoms with Crippen molar-refractivity contribution in [3.05, 3.63) is 229 Å². The van der Waals surface area contributed by atoms with Gasteiger partial charge in [-0.25, -0.2) is 0 Å². The molecule has 0 amide bonds. The Hall–Kier alpha value is -7.42. The number of rotatable bonds is 6. The molecule has 296 valence electrons. The van der Waals surface area contributed by atoms with E-state index in [1.807, 2.05) is 0 Å². The Labute approximate surface area is 364 Å². The molecule has 10 aromatic rings. The fraction of sp³-hybridized carbons (Fsp3) is 0.100. The summed E-state index contributed by atoms with van der Waals surface area (Å²) in [6, 6.07) is 76.6. The third-order valence-electron chi connectivity index (χ3n) is 14.0. The van der Waals surface area contributed by atoms with Crippen LogP contribution in [0.4, 0.5) is 17.1 Å². The molecule has 2 aliphatic carbocycles. The third kappa shape index (κ3) is 5.29. The van der Waals surface area contributed by atoms with Crippen LogP contribution < -0.4 is 4.90 Å². The summed E-state index contributed by atoms with van der Waals surface area (Å²) >= 11 is 0. The van der Waals surface area contributed by atoms with Crippen LogP contribution in [0.5, 0.6) is 0 Å². The second-order valence-corrected chi connectivity index (χ2v) is 18.1. The number of fused-ring (bicyclic) bond motifs is 9. The lowest BCUT2D eigenvalue weighted by molar-refractivity contribution is 0.660. The fourth-order valence-corrected chi connectivity index (χ4v) is 10.9. The monoisotopic (exact) mass is 794 g/mol. The van der Waals surface area contributed by atoms with E-state index >= 15 is 0 Å². The molecule has 0 unspecified atom stereocenters. The Bertz CT molecular complexity index is 3400. The first-order chi connectivity index (χ1) is 30.3. The molecular weight excluding hydrogens is 749 g/mol. The molecule has 0 atom stereocenters. The molecule has 0 fully saturated rings. The van der Waals surface area contributed by atoms with Gasteiger partial charge in [-0.1, -0.05) is 179 Å². The summed E-state index contributed by atoms with van der Waals surface area (Å²) in [6.07, 6.45) is 0. The van der Waals surface area contributed by atoms with E-state index in [1.54, 1.807) is 0 Å². The van der Waals surface area contributed by atoms with Gasteiger partial charge in [-0.05, 0) is 110 Å². The van der Waals surface area contributed by atoms with E-state index in [0.717, 1.165) is 17.1 Å². The lowest BCUT2D eigenvalue weighted by Crippen LogP contribution is -2.16. The Balaban J connectivity index is 1.05. The largest absolute Gasteiger partial charge is 0.309 e. The average Bonchev–Trinajstić information content (AvgIpc) is 3.86. The molecule has 2 aliphatic rings. The summed E-state index contributed by atoms with van der Waals surface area (Å²) in [6.45, 7) is 9.45. The molecule has 0 aliphatic heterocycles. The predicted molar refractivity (Wildman–Crippen MR) is 261 cm³/mol. The number of benzene rings is 9. The topological polar surface area (TPSA) is 8.17 Å². The maximum Gasteiger partial charge on any atom is 0.0547 e. The fourth-order valence-electron chi connectivity index (χ4n) is 10.9. The van der Waals surface area contributed by atoms with Crippen LogP contribution in [-0.2, 0) is 10.8 Å². The summed E-state index contributed by atoms with van der Waals surface area (Å²) < 4.78 is 2.41. The molecule has 0 saturated carbocycles. The van der Waals surface area contributed by atoms with Gasteiger partial charge < -0.3 is 9.47 Å². The predicted octanol–water partition coefficient (Wildman–Crippen LogP) is 16.2. The van der Waals surface area contributed by atoms with Crippen LogP contribution in [0.3, 0.4) is 0 Å².